The van der Waals surface area contributed by atoms with Crippen molar-refractivity contribution >= 4 is 5.97 Å². The second-order valence-corrected chi connectivity index (χ2v) is 7.21. The first kappa shape index (κ1) is 18.6. The predicted molar refractivity (Wildman–Crippen MR) is 103 cm³/mol. The van der Waals surface area contributed by atoms with E-state index in [0.717, 1.165) is 11.1 Å². The number of carbonyl (C=O) groups excluding carboxylic acids is 1. The van der Waals surface area contributed by atoms with E-state index >= 15 is 0 Å². The number of hydrogen-bond acceptors (Lipinski definition) is 8. The lowest BCUT2D eigenvalue weighted by Crippen LogP contribution is -2.30. The van der Waals surface area contributed by atoms with Gasteiger partial charge in [0.05, 0.1) is 33.5 Å². The summed E-state index contributed by atoms with van der Waals surface area (Å²) < 4.78 is 32.7. The lowest BCUT2D eigenvalue weighted by molar-refractivity contribution is -0.139. The number of methoxy groups -OCH3 is 3. The number of carbonyl (C=O) groups is 1. The van der Waals surface area contributed by atoms with Crippen molar-refractivity contribution in [1.29, 1.82) is 0 Å². The smallest absolute Gasteiger partial charge is 0.319 e. The third-order valence-corrected chi connectivity index (χ3v) is 5.83. The number of benzene rings is 2. The van der Waals surface area contributed by atoms with Crippen molar-refractivity contribution in [3.63, 3.8) is 0 Å². The molecule has 3 atom stereocenters. The summed E-state index contributed by atoms with van der Waals surface area (Å²) in [4.78, 5) is 12.7. The number of fused-ring (bicyclic) bond motifs is 3. The van der Waals surface area contributed by atoms with Crippen LogP contribution in [-0.4, -0.2) is 39.2 Å². The van der Waals surface area contributed by atoms with Crippen LogP contribution in [0.25, 0.3) is 0 Å². The molecule has 3 aliphatic rings. The summed E-state index contributed by atoms with van der Waals surface area (Å²) in [7, 11) is 4.60. The average molecular weight is 412 g/mol. The van der Waals surface area contributed by atoms with E-state index in [4.69, 9.17) is 28.4 Å². The average Bonchev–Trinajstić information content (AvgIpc) is 3.38. The Morgan fingerprint density at radius 2 is 1.53 bits per heavy atom. The minimum atomic E-state index is -0.982. The third kappa shape index (κ3) is 2.53. The molecule has 156 valence electrons. The van der Waals surface area contributed by atoms with E-state index in [9.17, 15) is 9.90 Å². The Kier molecular flexibility index (Phi) is 4.25. The van der Waals surface area contributed by atoms with Gasteiger partial charge in [-0.2, -0.15) is 0 Å². The van der Waals surface area contributed by atoms with Gasteiger partial charge in [0, 0.05) is 11.5 Å². The molecule has 0 saturated carbocycles. The van der Waals surface area contributed by atoms with Crippen molar-refractivity contribution in [2.75, 3.05) is 28.1 Å². The summed E-state index contributed by atoms with van der Waals surface area (Å²) in [6, 6.07) is 7.19. The molecule has 1 N–H and O–H groups in total. The molecule has 0 radical (unpaired) electrons. The summed E-state index contributed by atoms with van der Waals surface area (Å²) >= 11 is 0. The fourth-order valence-electron chi connectivity index (χ4n) is 4.46. The largest absolute Gasteiger partial charge is 0.493 e. The van der Waals surface area contributed by atoms with Gasteiger partial charge in [0.25, 0.3) is 0 Å². The van der Waals surface area contributed by atoms with E-state index < -0.39 is 23.9 Å². The van der Waals surface area contributed by atoms with E-state index in [-0.39, 0.29) is 6.79 Å². The highest BCUT2D eigenvalue weighted by molar-refractivity contribution is 5.83. The first-order chi connectivity index (χ1) is 14.6. The van der Waals surface area contributed by atoms with Gasteiger partial charge < -0.3 is 33.5 Å². The normalized spacial score (nSPS) is 23.3. The molecule has 5 rings (SSSR count). The molecule has 0 unspecified atom stereocenters. The highest BCUT2D eigenvalue weighted by Crippen LogP contribution is 2.55. The van der Waals surface area contributed by atoms with E-state index in [2.05, 4.69) is 0 Å². The molecule has 8 heteroatoms. The van der Waals surface area contributed by atoms with Crippen LogP contribution in [0.1, 0.15) is 28.7 Å². The second-order valence-electron chi connectivity index (χ2n) is 7.21. The van der Waals surface area contributed by atoms with Crippen molar-refractivity contribution in [2.24, 2.45) is 5.92 Å². The van der Waals surface area contributed by atoms with Crippen molar-refractivity contribution in [3.8, 4) is 28.7 Å². The summed E-state index contributed by atoms with van der Waals surface area (Å²) in [5.74, 6) is 0.956. The molecule has 1 aliphatic carbocycles. The van der Waals surface area contributed by atoms with Crippen molar-refractivity contribution < 1.29 is 38.3 Å². The van der Waals surface area contributed by atoms with E-state index in [1.807, 2.05) is 6.07 Å². The van der Waals surface area contributed by atoms with E-state index in [1.165, 1.54) is 27.6 Å². The van der Waals surface area contributed by atoms with Gasteiger partial charge >= 0.3 is 5.97 Å². The van der Waals surface area contributed by atoms with Crippen LogP contribution in [0.4, 0.5) is 0 Å². The van der Waals surface area contributed by atoms with Crippen molar-refractivity contribution in [1.82, 2.24) is 0 Å². The Hall–Kier alpha value is -3.39. The zero-order valence-corrected chi connectivity index (χ0v) is 16.6. The molecular formula is C22H20O8. The fraction of sp³-hybridized carbons (Fsp3) is 0.318. The molecule has 2 aliphatic heterocycles. The van der Waals surface area contributed by atoms with Gasteiger partial charge in [-0.25, -0.2) is 0 Å². The van der Waals surface area contributed by atoms with E-state index in [0.29, 0.717) is 39.9 Å². The molecule has 8 nitrogen and oxygen atoms in total. The lowest BCUT2D eigenvalue weighted by Gasteiger charge is -2.34. The lowest BCUT2D eigenvalue weighted by atomic mass is 9.69. The van der Waals surface area contributed by atoms with Gasteiger partial charge in [-0.3, -0.25) is 4.79 Å². The van der Waals surface area contributed by atoms with Crippen molar-refractivity contribution in [3.05, 3.63) is 52.8 Å². The molecule has 0 aromatic heterocycles. The van der Waals surface area contributed by atoms with Crippen molar-refractivity contribution in [2.45, 2.75) is 12.0 Å². The maximum atomic E-state index is 12.7. The summed E-state index contributed by atoms with van der Waals surface area (Å²) in [5, 5.41) is 11.0. The number of rotatable bonds is 4. The zero-order chi connectivity index (χ0) is 21.0. The monoisotopic (exact) mass is 412 g/mol. The second kappa shape index (κ2) is 6.84. The van der Waals surface area contributed by atoms with Crippen LogP contribution in [0.15, 0.2) is 36.1 Å². The number of esters is 1. The van der Waals surface area contributed by atoms with Crippen LogP contribution in [0, 0.1) is 5.92 Å². The molecule has 2 aromatic carbocycles. The predicted octanol–water partition coefficient (Wildman–Crippen LogP) is 2.68. The fourth-order valence-corrected chi connectivity index (χ4v) is 4.46. The summed E-state index contributed by atoms with van der Waals surface area (Å²) in [5.41, 5.74) is 2.65. The van der Waals surface area contributed by atoms with Gasteiger partial charge in [-0.15, -0.1) is 0 Å². The highest BCUT2D eigenvalue weighted by Gasteiger charge is 2.48. The van der Waals surface area contributed by atoms with Gasteiger partial charge in [0.1, 0.15) is 6.10 Å². The Balaban J connectivity index is 1.76. The molecule has 2 heterocycles. The maximum absolute atomic E-state index is 12.7. The molecule has 2 aromatic rings. The molecule has 0 amide bonds. The maximum Gasteiger partial charge on any atom is 0.319 e. The van der Waals surface area contributed by atoms with Crippen LogP contribution >= 0.6 is 0 Å². The van der Waals surface area contributed by atoms with Crippen LogP contribution in [0.5, 0.6) is 28.7 Å². The Labute approximate surface area is 172 Å². The van der Waals surface area contributed by atoms with Crippen LogP contribution < -0.4 is 23.7 Å². The molecule has 0 saturated heterocycles. The topological polar surface area (TPSA) is 92.7 Å². The first-order valence-corrected chi connectivity index (χ1v) is 9.39. The van der Waals surface area contributed by atoms with Gasteiger partial charge in [0.2, 0.25) is 12.5 Å². The quantitative estimate of drug-likeness (QED) is 0.767. The number of aliphatic hydroxyl groups is 1. The molecule has 0 fully saturated rings. The van der Waals surface area contributed by atoms with Crippen LogP contribution in [0.3, 0.4) is 0 Å². The van der Waals surface area contributed by atoms with Crippen LogP contribution in [0.2, 0.25) is 0 Å². The minimum absolute atomic E-state index is 0.108. The number of ether oxygens (including phenoxy) is 6. The molecule has 30 heavy (non-hydrogen) atoms. The third-order valence-electron chi connectivity index (χ3n) is 5.83. The summed E-state index contributed by atoms with van der Waals surface area (Å²) in [6.07, 6.45) is 0.361. The SMILES string of the molecule is COc1cc([C@@H]2c3cc4c(cc3[C@H](O)C3=COC(=O)[C@@H]32)OCO4)cc(OC)c1OC. The van der Waals surface area contributed by atoms with Gasteiger partial charge in [-0.1, -0.05) is 0 Å². The number of aliphatic hydroxyl groups excluding tert-OH is 1. The van der Waals surface area contributed by atoms with Gasteiger partial charge in [-0.05, 0) is 41.0 Å². The zero-order valence-electron chi connectivity index (χ0n) is 16.6. The first-order valence-electron chi connectivity index (χ1n) is 9.39. The number of cyclic esters (lactones) is 1. The summed E-state index contributed by atoms with van der Waals surface area (Å²) in [6.45, 7) is 0.108. The van der Waals surface area contributed by atoms with Gasteiger partial charge in [0.15, 0.2) is 23.0 Å². The van der Waals surface area contributed by atoms with Crippen LogP contribution in [-0.2, 0) is 9.53 Å². The Morgan fingerprint density at radius 1 is 0.900 bits per heavy atom. The molecule has 0 bridgehead atoms. The molecule has 0 spiro atoms. The van der Waals surface area contributed by atoms with E-state index in [1.54, 1.807) is 18.2 Å². The number of hydrogen-bond donors (Lipinski definition) is 1. The Morgan fingerprint density at radius 3 is 2.13 bits per heavy atom. The standard InChI is InChI=1S/C22H20O8/c1-25-16-4-10(5-17(26-2)21(16)27-3)18-11-6-14-15(30-9-29-14)7-12(11)20(23)13-8-28-22(24)19(13)18/h4-8,18-20,23H,9H2,1-3H3/t18-,19+,20+/m1/s1. The Bertz CT molecular complexity index is 1050. The highest BCUT2D eigenvalue weighted by atomic mass is 16.7. The molecular weight excluding hydrogens is 392 g/mol. The minimum Gasteiger partial charge on any atom is -0.493 e.